The van der Waals surface area contributed by atoms with Crippen LogP contribution in [0.1, 0.15) is 89.5 Å². The number of hydrogen-bond acceptors (Lipinski definition) is 4. The van der Waals surface area contributed by atoms with Gasteiger partial charge in [-0.25, -0.2) is 0 Å². The van der Waals surface area contributed by atoms with Crippen LogP contribution in [0.2, 0.25) is 0 Å². The molecule has 0 aromatic heterocycles. The van der Waals surface area contributed by atoms with Gasteiger partial charge in [0.05, 0.1) is 4.90 Å². The molecule has 33 heavy (non-hydrogen) atoms. The fourth-order valence-corrected chi connectivity index (χ4v) is 4.28. The second-order valence-corrected chi connectivity index (χ2v) is 9.88. The minimum absolute atomic E-state index is 0. The molecule has 0 unspecified atom stereocenters. The summed E-state index contributed by atoms with van der Waals surface area (Å²) in [4.78, 5) is -0.195. The molecule has 0 aliphatic carbocycles. The molecule has 0 saturated heterocycles. The standard InChI is InChI=1S/C26H38O5S.K/c1-2-3-4-5-6-7-8-9-10-11-12-13-14-22-15-16-23(27)21-26(22)31-24-17-19-25(20-18-24)32(28,29)30;/h15-21,27H,2-14H2,1H3,(H,28,29,30);/q;+1/p-1. The fraction of sp³-hybridized carbons (Fsp3) is 0.538. The van der Waals surface area contributed by atoms with Gasteiger partial charge < -0.3 is 9.84 Å². The van der Waals surface area contributed by atoms with Gasteiger partial charge in [-0.05, 0) is 48.7 Å². The van der Waals surface area contributed by atoms with E-state index >= 15 is 0 Å². The van der Waals surface area contributed by atoms with E-state index in [-0.39, 0.29) is 62.0 Å². The van der Waals surface area contributed by atoms with E-state index in [0.717, 1.165) is 24.8 Å². The van der Waals surface area contributed by atoms with Gasteiger partial charge in [0.1, 0.15) is 11.5 Å². The molecule has 2 aromatic rings. The Morgan fingerprint density at radius 1 is 0.788 bits per heavy atom. The number of aryl methyl sites for hydroxylation is 1. The summed E-state index contributed by atoms with van der Waals surface area (Å²) in [6, 6.07) is 10.3. The molecular weight excluding hydrogens is 463 g/mol. The Morgan fingerprint density at radius 2 is 1.30 bits per heavy atom. The van der Waals surface area contributed by atoms with Crippen LogP contribution >= 0.6 is 0 Å². The van der Waals surface area contributed by atoms with Gasteiger partial charge in [0.2, 0.25) is 0 Å². The van der Waals surface area contributed by atoms with E-state index in [2.05, 4.69) is 6.92 Å². The largest absolute Gasteiger partial charge is 1.00 e. The van der Waals surface area contributed by atoms with Crippen LogP contribution in [-0.2, 0) is 16.5 Å². The number of hydrogen-bond donors (Lipinski definition) is 1. The van der Waals surface area contributed by atoms with E-state index in [4.69, 9.17) is 9.29 Å². The molecule has 0 heterocycles. The Kier molecular flexibility index (Phi) is 15.9. The predicted molar refractivity (Wildman–Crippen MR) is 127 cm³/mol. The third-order valence-electron chi connectivity index (χ3n) is 5.69. The van der Waals surface area contributed by atoms with E-state index in [1.165, 1.54) is 94.5 Å². The molecule has 2 rings (SSSR count). The van der Waals surface area contributed by atoms with Crippen LogP contribution in [0.4, 0.5) is 0 Å². The van der Waals surface area contributed by atoms with Gasteiger partial charge >= 0.3 is 51.4 Å². The predicted octanol–water partition coefficient (Wildman–Crippen LogP) is 4.05. The van der Waals surface area contributed by atoms with Gasteiger partial charge in [-0.1, -0.05) is 89.7 Å². The second kappa shape index (κ2) is 17.1. The molecular formula is C26H37KO5S. The van der Waals surface area contributed by atoms with E-state index in [9.17, 15) is 13.5 Å². The molecule has 0 radical (unpaired) electrons. The zero-order valence-corrected chi connectivity index (χ0v) is 24.2. The van der Waals surface area contributed by atoms with Crippen LogP contribution in [0.5, 0.6) is 17.2 Å². The molecule has 0 bridgehead atoms. The molecule has 0 saturated carbocycles. The quantitative estimate of drug-likeness (QED) is 0.213. The third-order valence-corrected chi connectivity index (χ3v) is 6.56. The van der Waals surface area contributed by atoms with Crippen molar-refractivity contribution >= 4 is 10.1 Å². The summed E-state index contributed by atoms with van der Waals surface area (Å²) >= 11 is 0. The molecule has 0 aliphatic rings. The van der Waals surface area contributed by atoms with Gasteiger partial charge in [-0.2, -0.15) is 8.42 Å². The maximum atomic E-state index is 11.8. The molecule has 2 aromatic carbocycles. The van der Waals surface area contributed by atoms with Gasteiger partial charge in [0, 0.05) is 0 Å². The van der Waals surface area contributed by atoms with Gasteiger partial charge in [-0.3, -0.25) is 4.55 Å². The molecule has 1 N–H and O–H groups in total. The molecule has 0 spiro atoms. The van der Waals surface area contributed by atoms with Crippen LogP contribution in [0.15, 0.2) is 47.4 Å². The Bertz CT molecular complexity index is 897. The summed E-state index contributed by atoms with van der Waals surface area (Å²) in [5.41, 5.74) is 0.968. The Balaban J connectivity index is 0.00000544. The summed E-state index contributed by atoms with van der Waals surface area (Å²) in [5, 5.41) is 11.8. The van der Waals surface area contributed by atoms with Crippen molar-refractivity contribution in [2.75, 3.05) is 0 Å². The summed E-state index contributed by atoms with van der Waals surface area (Å²) in [7, 11) is -4.24. The van der Waals surface area contributed by atoms with E-state index < -0.39 is 10.1 Å². The molecule has 5 nitrogen and oxygen atoms in total. The van der Waals surface area contributed by atoms with E-state index in [1.807, 2.05) is 6.07 Å². The number of unbranched alkanes of at least 4 members (excludes halogenated alkanes) is 11. The first-order valence-corrected chi connectivity index (χ1v) is 13.4. The van der Waals surface area contributed by atoms with Crippen molar-refractivity contribution in [3.8, 4) is 17.2 Å². The molecule has 7 heteroatoms. The molecule has 0 amide bonds. The SMILES string of the molecule is CCCCCCCCCCCCCCc1ccc([O-])cc1Oc1ccc(S(=O)(=O)O)cc1.[K+]. The molecule has 0 atom stereocenters. The van der Waals surface area contributed by atoms with Crippen LogP contribution < -0.4 is 61.2 Å². The molecule has 178 valence electrons. The van der Waals surface area contributed by atoms with Crippen molar-refractivity contribution in [2.24, 2.45) is 0 Å². The maximum absolute atomic E-state index is 11.8. The zero-order valence-electron chi connectivity index (χ0n) is 20.2. The van der Waals surface area contributed by atoms with Crippen molar-refractivity contribution in [3.05, 3.63) is 48.0 Å². The normalized spacial score (nSPS) is 11.2. The minimum Gasteiger partial charge on any atom is -0.872 e. The van der Waals surface area contributed by atoms with Gasteiger partial charge in [-0.15, -0.1) is 5.75 Å². The number of ether oxygens (including phenoxy) is 1. The topological polar surface area (TPSA) is 86.7 Å². The first-order chi connectivity index (χ1) is 15.4. The summed E-state index contributed by atoms with van der Waals surface area (Å²) in [5.74, 6) is 0.784. The summed E-state index contributed by atoms with van der Waals surface area (Å²) in [6.45, 7) is 2.25. The Morgan fingerprint density at radius 3 is 1.82 bits per heavy atom. The monoisotopic (exact) mass is 500 g/mol. The van der Waals surface area contributed by atoms with Crippen molar-refractivity contribution in [1.82, 2.24) is 0 Å². The fourth-order valence-electron chi connectivity index (χ4n) is 3.80. The molecule has 0 fully saturated rings. The van der Waals surface area contributed by atoms with Crippen molar-refractivity contribution in [3.63, 3.8) is 0 Å². The third kappa shape index (κ3) is 12.7. The van der Waals surface area contributed by atoms with Gasteiger partial charge in [0.15, 0.2) is 0 Å². The van der Waals surface area contributed by atoms with Gasteiger partial charge in [0.25, 0.3) is 10.1 Å². The van der Waals surface area contributed by atoms with Crippen molar-refractivity contribution in [2.45, 2.75) is 95.3 Å². The Labute approximate surface area is 242 Å². The minimum atomic E-state index is -4.24. The molecule has 0 aliphatic heterocycles. The first kappa shape index (κ1) is 30.6. The Hall–Kier alpha value is -0.414. The smallest absolute Gasteiger partial charge is 0.872 e. The van der Waals surface area contributed by atoms with Crippen LogP contribution in [0, 0.1) is 0 Å². The average molecular weight is 501 g/mol. The summed E-state index contributed by atoms with van der Waals surface area (Å²) < 4.78 is 37.3. The van der Waals surface area contributed by atoms with Crippen molar-refractivity contribution < 1.29 is 74.2 Å². The zero-order chi connectivity index (χ0) is 23.2. The first-order valence-electron chi connectivity index (χ1n) is 12.0. The van der Waals surface area contributed by atoms with Crippen LogP contribution in [0.25, 0.3) is 0 Å². The van der Waals surface area contributed by atoms with Crippen LogP contribution in [-0.4, -0.2) is 13.0 Å². The maximum Gasteiger partial charge on any atom is 1.00 e. The van der Waals surface area contributed by atoms with E-state index in [1.54, 1.807) is 6.07 Å². The number of benzene rings is 2. The second-order valence-electron chi connectivity index (χ2n) is 8.46. The summed E-state index contributed by atoms with van der Waals surface area (Å²) in [6.07, 6.45) is 16.3. The average Bonchev–Trinajstić information content (AvgIpc) is 2.75. The van der Waals surface area contributed by atoms with Crippen molar-refractivity contribution in [1.29, 1.82) is 0 Å². The van der Waals surface area contributed by atoms with Crippen LogP contribution in [0.3, 0.4) is 0 Å². The van der Waals surface area contributed by atoms with E-state index in [0.29, 0.717) is 11.5 Å². The number of rotatable bonds is 16.